The minimum Gasteiger partial charge on any atom is -0.317 e. The van der Waals surface area contributed by atoms with E-state index in [0.29, 0.717) is 0 Å². The molecule has 3 rings (SSSR count). The molecule has 0 spiro atoms. The van der Waals surface area contributed by atoms with E-state index in [9.17, 15) is 0 Å². The smallest absolute Gasteiger partial charge is 0.0239 e. The Morgan fingerprint density at radius 3 is 2.82 bits per heavy atom. The van der Waals surface area contributed by atoms with Gasteiger partial charge in [-0.1, -0.05) is 22.0 Å². The van der Waals surface area contributed by atoms with Crippen LogP contribution in [0.4, 0.5) is 0 Å². The maximum Gasteiger partial charge on any atom is 0.0239 e. The first-order chi connectivity index (χ1) is 8.33. The number of piperidine rings is 1. The van der Waals surface area contributed by atoms with E-state index in [0.717, 1.165) is 12.6 Å². The highest BCUT2D eigenvalue weighted by Crippen LogP contribution is 2.25. The summed E-state index contributed by atoms with van der Waals surface area (Å²) in [5.41, 5.74) is 3.06. The predicted molar refractivity (Wildman–Crippen MR) is 74.1 cm³/mol. The minimum atomic E-state index is 0.799. The minimum absolute atomic E-state index is 0.799. The fraction of sp³-hybridized carbons (Fsp3) is 0.571. The Bertz CT molecular complexity index is 399. The van der Waals surface area contributed by atoms with Gasteiger partial charge < -0.3 is 5.32 Å². The first kappa shape index (κ1) is 11.7. The van der Waals surface area contributed by atoms with Gasteiger partial charge >= 0.3 is 0 Å². The molecule has 1 fully saturated rings. The lowest BCUT2D eigenvalue weighted by Gasteiger charge is -2.37. The second-order valence-corrected chi connectivity index (χ2v) is 6.03. The Morgan fingerprint density at radius 1 is 1.18 bits per heavy atom. The first-order valence-electron chi connectivity index (χ1n) is 6.55. The van der Waals surface area contributed by atoms with E-state index >= 15 is 0 Å². The molecule has 1 N–H and O–H groups in total. The maximum absolute atomic E-state index is 3.56. The molecule has 0 bridgehead atoms. The van der Waals surface area contributed by atoms with Crippen LogP contribution in [0, 0.1) is 0 Å². The molecule has 1 saturated heterocycles. The van der Waals surface area contributed by atoms with E-state index in [2.05, 4.69) is 44.3 Å². The monoisotopic (exact) mass is 294 g/mol. The van der Waals surface area contributed by atoms with Gasteiger partial charge in [-0.15, -0.1) is 0 Å². The summed E-state index contributed by atoms with van der Waals surface area (Å²) in [5.74, 6) is 0. The molecule has 3 heteroatoms. The number of halogens is 1. The van der Waals surface area contributed by atoms with Crippen molar-refractivity contribution in [2.24, 2.45) is 0 Å². The number of rotatable bonds is 1. The number of benzene rings is 1. The molecule has 0 saturated carbocycles. The van der Waals surface area contributed by atoms with E-state index in [1.54, 1.807) is 0 Å². The SMILES string of the molecule is Brc1ccc2c(c1)CCN(C1CCNCC1)C2. The molecule has 1 aromatic carbocycles. The molecule has 0 unspecified atom stereocenters. The summed E-state index contributed by atoms with van der Waals surface area (Å²) in [6.07, 6.45) is 3.83. The summed E-state index contributed by atoms with van der Waals surface area (Å²) in [7, 11) is 0. The number of nitrogens with zero attached hydrogens (tertiary/aromatic N) is 1. The van der Waals surface area contributed by atoms with Crippen molar-refractivity contribution < 1.29 is 0 Å². The van der Waals surface area contributed by atoms with E-state index < -0.39 is 0 Å². The summed E-state index contributed by atoms with van der Waals surface area (Å²) in [6, 6.07) is 7.54. The van der Waals surface area contributed by atoms with Crippen LogP contribution in [0.15, 0.2) is 22.7 Å². The molecule has 0 radical (unpaired) electrons. The summed E-state index contributed by atoms with van der Waals surface area (Å²) in [4.78, 5) is 2.68. The molecular weight excluding hydrogens is 276 g/mol. The van der Waals surface area contributed by atoms with Crippen LogP contribution in [-0.4, -0.2) is 30.6 Å². The zero-order valence-electron chi connectivity index (χ0n) is 10.1. The highest BCUT2D eigenvalue weighted by Gasteiger charge is 2.24. The Labute approximate surface area is 112 Å². The van der Waals surface area contributed by atoms with Crippen molar-refractivity contribution in [1.29, 1.82) is 0 Å². The predicted octanol–water partition coefficient (Wildman–Crippen LogP) is 2.56. The van der Waals surface area contributed by atoms with Gasteiger partial charge in [-0.2, -0.15) is 0 Å². The van der Waals surface area contributed by atoms with Crippen molar-refractivity contribution in [3.05, 3.63) is 33.8 Å². The van der Waals surface area contributed by atoms with Crippen molar-refractivity contribution in [3.8, 4) is 0 Å². The average molecular weight is 295 g/mol. The topological polar surface area (TPSA) is 15.3 Å². The van der Waals surface area contributed by atoms with Crippen LogP contribution in [0.3, 0.4) is 0 Å². The molecule has 2 heterocycles. The Balaban J connectivity index is 1.73. The third-order valence-corrected chi connectivity index (χ3v) is 4.53. The lowest BCUT2D eigenvalue weighted by Crippen LogP contribution is -2.45. The third-order valence-electron chi connectivity index (χ3n) is 4.04. The van der Waals surface area contributed by atoms with Crippen molar-refractivity contribution in [2.45, 2.75) is 31.8 Å². The normalized spacial score (nSPS) is 22.4. The molecule has 0 aromatic heterocycles. The molecule has 0 atom stereocenters. The van der Waals surface area contributed by atoms with Gasteiger partial charge in [0.1, 0.15) is 0 Å². The zero-order chi connectivity index (χ0) is 11.7. The molecule has 2 aliphatic rings. The Kier molecular flexibility index (Phi) is 3.50. The van der Waals surface area contributed by atoms with Gasteiger partial charge in [0, 0.05) is 23.6 Å². The van der Waals surface area contributed by atoms with Crippen LogP contribution in [0.25, 0.3) is 0 Å². The van der Waals surface area contributed by atoms with Gasteiger partial charge in [-0.25, -0.2) is 0 Å². The van der Waals surface area contributed by atoms with Crippen molar-refractivity contribution in [2.75, 3.05) is 19.6 Å². The lowest BCUT2D eigenvalue weighted by molar-refractivity contribution is 0.147. The second-order valence-electron chi connectivity index (χ2n) is 5.11. The maximum atomic E-state index is 3.56. The number of hydrogen-bond donors (Lipinski definition) is 1. The fourth-order valence-electron chi connectivity index (χ4n) is 3.03. The van der Waals surface area contributed by atoms with Gasteiger partial charge in [0.2, 0.25) is 0 Å². The standard InChI is InChI=1S/C14H19BrN2/c15-13-2-1-12-10-17(8-5-11(12)9-13)14-3-6-16-7-4-14/h1-2,9,14,16H,3-8,10H2. The van der Waals surface area contributed by atoms with Gasteiger partial charge in [0.25, 0.3) is 0 Å². The van der Waals surface area contributed by atoms with Crippen LogP contribution in [0.1, 0.15) is 24.0 Å². The molecule has 92 valence electrons. The van der Waals surface area contributed by atoms with E-state index in [1.165, 1.54) is 54.5 Å². The van der Waals surface area contributed by atoms with Gasteiger partial charge in [0.05, 0.1) is 0 Å². The zero-order valence-corrected chi connectivity index (χ0v) is 11.7. The molecule has 17 heavy (non-hydrogen) atoms. The second kappa shape index (κ2) is 5.09. The summed E-state index contributed by atoms with van der Waals surface area (Å²) >= 11 is 3.56. The number of nitrogens with one attached hydrogen (secondary N) is 1. The average Bonchev–Trinajstić information content (AvgIpc) is 2.39. The summed E-state index contributed by atoms with van der Waals surface area (Å²) < 4.78 is 1.21. The van der Waals surface area contributed by atoms with Crippen molar-refractivity contribution in [1.82, 2.24) is 10.2 Å². The van der Waals surface area contributed by atoms with E-state index in [4.69, 9.17) is 0 Å². The van der Waals surface area contributed by atoms with Gasteiger partial charge in [-0.05, 0) is 55.6 Å². The molecular formula is C14H19BrN2. The molecule has 2 nitrogen and oxygen atoms in total. The highest BCUT2D eigenvalue weighted by atomic mass is 79.9. The fourth-order valence-corrected chi connectivity index (χ4v) is 3.44. The van der Waals surface area contributed by atoms with Crippen LogP contribution >= 0.6 is 15.9 Å². The summed E-state index contributed by atoms with van der Waals surface area (Å²) in [5, 5.41) is 3.45. The van der Waals surface area contributed by atoms with Gasteiger partial charge in [-0.3, -0.25) is 4.90 Å². The summed E-state index contributed by atoms with van der Waals surface area (Å²) in [6.45, 7) is 4.75. The molecule has 0 aliphatic carbocycles. The number of hydrogen-bond acceptors (Lipinski definition) is 2. The largest absolute Gasteiger partial charge is 0.317 e. The lowest BCUT2D eigenvalue weighted by atomic mass is 9.96. The Morgan fingerprint density at radius 2 is 2.00 bits per heavy atom. The van der Waals surface area contributed by atoms with Crippen molar-refractivity contribution >= 4 is 15.9 Å². The first-order valence-corrected chi connectivity index (χ1v) is 7.34. The van der Waals surface area contributed by atoms with Crippen LogP contribution in [0.5, 0.6) is 0 Å². The van der Waals surface area contributed by atoms with Crippen LogP contribution in [0.2, 0.25) is 0 Å². The van der Waals surface area contributed by atoms with E-state index in [1.807, 2.05) is 0 Å². The van der Waals surface area contributed by atoms with E-state index in [-0.39, 0.29) is 0 Å². The molecule has 2 aliphatic heterocycles. The molecule has 0 amide bonds. The highest BCUT2D eigenvalue weighted by molar-refractivity contribution is 9.10. The van der Waals surface area contributed by atoms with Crippen molar-refractivity contribution in [3.63, 3.8) is 0 Å². The molecule has 1 aromatic rings. The number of fused-ring (bicyclic) bond motifs is 1. The van der Waals surface area contributed by atoms with Crippen LogP contribution < -0.4 is 5.32 Å². The van der Waals surface area contributed by atoms with Gasteiger partial charge in [0.15, 0.2) is 0 Å². The Hall–Kier alpha value is -0.380. The quantitative estimate of drug-likeness (QED) is 0.856. The van der Waals surface area contributed by atoms with Crippen LogP contribution in [-0.2, 0) is 13.0 Å². The third kappa shape index (κ3) is 2.56.